The average molecular weight is 394 g/mol. The fourth-order valence-corrected chi connectivity index (χ4v) is 2.47. The van der Waals surface area contributed by atoms with E-state index in [2.05, 4.69) is 21.2 Å². The predicted octanol–water partition coefficient (Wildman–Crippen LogP) is 6.05. The Hall–Kier alpha value is -2.85. The van der Waals surface area contributed by atoms with Gasteiger partial charge in [0.15, 0.2) is 11.5 Å². The van der Waals surface area contributed by atoms with E-state index in [9.17, 15) is 4.79 Å². The first kappa shape index (κ1) is 17.0. The molecule has 1 N–H and O–H groups in total. The molecule has 4 heteroatoms. The number of rotatable bonds is 6. The van der Waals surface area contributed by atoms with Crippen LogP contribution in [0.15, 0.2) is 95.6 Å². The number of ether oxygens (including phenoxy) is 1. The van der Waals surface area contributed by atoms with E-state index in [0.29, 0.717) is 11.3 Å². The molecule has 3 rings (SSSR count). The molecule has 3 nitrogen and oxygen atoms in total. The van der Waals surface area contributed by atoms with E-state index in [0.717, 1.165) is 15.9 Å². The number of hydrogen-bond donors (Lipinski definition) is 1. The van der Waals surface area contributed by atoms with Crippen LogP contribution in [0, 0.1) is 0 Å². The molecule has 0 saturated carbocycles. The number of carbonyl (C=O) groups excluding carboxylic acids is 1. The van der Waals surface area contributed by atoms with Gasteiger partial charge in [0, 0.05) is 22.3 Å². The van der Waals surface area contributed by atoms with Crippen molar-refractivity contribution in [1.82, 2.24) is 0 Å². The Morgan fingerprint density at radius 3 is 2.32 bits per heavy atom. The van der Waals surface area contributed by atoms with Crippen molar-refractivity contribution >= 4 is 27.4 Å². The number of para-hydroxylation sites is 3. The molecule has 0 aliphatic rings. The van der Waals surface area contributed by atoms with Crippen molar-refractivity contribution < 1.29 is 9.53 Å². The van der Waals surface area contributed by atoms with Gasteiger partial charge in [0.1, 0.15) is 5.75 Å². The molecule has 0 unspecified atom stereocenters. The quantitative estimate of drug-likeness (QED) is 0.409. The first-order chi connectivity index (χ1) is 12.2. The summed E-state index contributed by atoms with van der Waals surface area (Å²) in [5.41, 5.74) is 1.42. The van der Waals surface area contributed by atoms with Crippen LogP contribution in [-0.4, -0.2) is 5.78 Å². The lowest BCUT2D eigenvalue weighted by Gasteiger charge is -2.10. The Labute approximate surface area is 155 Å². The number of benzene rings is 3. The summed E-state index contributed by atoms with van der Waals surface area (Å²) in [6, 6.07) is 24.4. The van der Waals surface area contributed by atoms with E-state index in [1.165, 1.54) is 6.08 Å². The molecular weight excluding hydrogens is 378 g/mol. The Balaban J connectivity index is 1.69. The number of ketones is 1. The van der Waals surface area contributed by atoms with Gasteiger partial charge in [-0.25, -0.2) is 0 Å². The van der Waals surface area contributed by atoms with Gasteiger partial charge in [0.05, 0.1) is 5.69 Å². The normalized spacial score (nSPS) is 10.6. The minimum atomic E-state index is -0.0681. The van der Waals surface area contributed by atoms with Crippen molar-refractivity contribution in [3.8, 4) is 11.5 Å². The van der Waals surface area contributed by atoms with Crippen LogP contribution in [0.2, 0.25) is 0 Å². The molecule has 3 aromatic rings. The molecular formula is C21H16BrNO2. The lowest BCUT2D eigenvalue weighted by atomic mass is 10.1. The number of allylic oxidation sites excluding steroid dienone is 1. The zero-order valence-corrected chi connectivity index (χ0v) is 14.9. The summed E-state index contributed by atoms with van der Waals surface area (Å²) < 4.78 is 6.82. The van der Waals surface area contributed by atoms with Gasteiger partial charge in [-0.3, -0.25) is 4.79 Å². The number of nitrogens with one attached hydrogen (secondary N) is 1. The van der Waals surface area contributed by atoms with E-state index >= 15 is 0 Å². The fraction of sp³-hybridized carbons (Fsp3) is 0. The first-order valence-electron chi connectivity index (χ1n) is 7.77. The minimum Gasteiger partial charge on any atom is -0.455 e. The molecule has 0 spiro atoms. The third-order valence-electron chi connectivity index (χ3n) is 3.46. The Morgan fingerprint density at radius 1 is 0.880 bits per heavy atom. The van der Waals surface area contributed by atoms with Crippen LogP contribution in [-0.2, 0) is 0 Å². The minimum absolute atomic E-state index is 0.0681. The van der Waals surface area contributed by atoms with Crippen molar-refractivity contribution in [3.05, 3.63) is 101 Å². The molecule has 0 aliphatic carbocycles. The molecule has 0 aliphatic heterocycles. The van der Waals surface area contributed by atoms with Gasteiger partial charge in [-0.05, 0) is 48.5 Å². The first-order valence-corrected chi connectivity index (χ1v) is 8.56. The van der Waals surface area contributed by atoms with Crippen LogP contribution in [0.4, 0.5) is 5.69 Å². The van der Waals surface area contributed by atoms with Crippen LogP contribution in [0.1, 0.15) is 10.4 Å². The zero-order chi connectivity index (χ0) is 17.5. The van der Waals surface area contributed by atoms with E-state index in [4.69, 9.17) is 4.74 Å². The molecule has 0 bridgehead atoms. The summed E-state index contributed by atoms with van der Waals surface area (Å²) in [5, 5.41) is 3.11. The third-order valence-corrected chi connectivity index (χ3v) is 3.99. The lowest BCUT2D eigenvalue weighted by Crippen LogP contribution is -1.97. The number of hydrogen-bond acceptors (Lipinski definition) is 3. The monoisotopic (exact) mass is 393 g/mol. The molecule has 0 saturated heterocycles. The maximum Gasteiger partial charge on any atom is 0.187 e. The Kier molecular flexibility index (Phi) is 5.65. The van der Waals surface area contributed by atoms with Crippen molar-refractivity contribution in [2.75, 3.05) is 5.32 Å². The van der Waals surface area contributed by atoms with Gasteiger partial charge < -0.3 is 10.1 Å². The van der Waals surface area contributed by atoms with Gasteiger partial charge in [0.2, 0.25) is 0 Å². The molecule has 0 radical (unpaired) electrons. The van der Waals surface area contributed by atoms with Gasteiger partial charge in [-0.15, -0.1) is 0 Å². The standard InChI is InChI=1S/C21H16BrNO2/c22-17-12-10-16(11-13-17)20(24)14-15-23-19-8-4-5-9-21(19)25-18-6-2-1-3-7-18/h1-15,23H/b15-14+. The molecule has 0 fully saturated rings. The second-order valence-electron chi connectivity index (χ2n) is 5.26. The van der Waals surface area contributed by atoms with Crippen molar-refractivity contribution in [2.24, 2.45) is 0 Å². The smallest absolute Gasteiger partial charge is 0.187 e. The van der Waals surface area contributed by atoms with Crippen LogP contribution in [0.25, 0.3) is 0 Å². The molecule has 0 amide bonds. The van der Waals surface area contributed by atoms with Gasteiger partial charge in [0.25, 0.3) is 0 Å². The SMILES string of the molecule is O=C(/C=C/Nc1ccccc1Oc1ccccc1)c1ccc(Br)cc1. The van der Waals surface area contributed by atoms with Crippen LogP contribution >= 0.6 is 15.9 Å². The van der Waals surface area contributed by atoms with Gasteiger partial charge >= 0.3 is 0 Å². The van der Waals surface area contributed by atoms with Crippen LogP contribution in [0.5, 0.6) is 11.5 Å². The highest BCUT2D eigenvalue weighted by atomic mass is 79.9. The Bertz CT molecular complexity index is 874. The highest BCUT2D eigenvalue weighted by molar-refractivity contribution is 9.10. The summed E-state index contributed by atoms with van der Waals surface area (Å²) in [6.07, 6.45) is 3.13. The maximum absolute atomic E-state index is 12.1. The topological polar surface area (TPSA) is 38.3 Å². The number of carbonyl (C=O) groups is 1. The van der Waals surface area contributed by atoms with Crippen molar-refractivity contribution in [3.63, 3.8) is 0 Å². The number of halogens is 1. The highest BCUT2D eigenvalue weighted by Crippen LogP contribution is 2.29. The van der Waals surface area contributed by atoms with Gasteiger partial charge in [-0.1, -0.05) is 46.3 Å². The fourth-order valence-electron chi connectivity index (χ4n) is 2.21. The molecule has 0 heterocycles. The van der Waals surface area contributed by atoms with E-state index in [-0.39, 0.29) is 5.78 Å². The van der Waals surface area contributed by atoms with Crippen molar-refractivity contribution in [2.45, 2.75) is 0 Å². The molecule has 3 aromatic carbocycles. The number of anilines is 1. The van der Waals surface area contributed by atoms with Crippen LogP contribution in [0.3, 0.4) is 0 Å². The molecule has 124 valence electrons. The summed E-state index contributed by atoms with van der Waals surface area (Å²) in [6.45, 7) is 0. The largest absolute Gasteiger partial charge is 0.455 e. The average Bonchev–Trinajstić information content (AvgIpc) is 2.64. The third kappa shape index (κ3) is 4.81. The van der Waals surface area contributed by atoms with E-state index < -0.39 is 0 Å². The maximum atomic E-state index is 12.1. The predicted molar refractivity (Wildman–Crippen MR) is 104 cm³/mol. The second-order valence-corrected chi connectivity index (χ2v) is 6.18. The van der Waals surface area contributed by atoms with Gasteiger partial charge in [-0.2, -0.15) is 0 Å². The summed E-state index contributed by atoms with van der Waals surface area (Å²) in [4.78, 5) is 12.1. The zero-order valence-electron chi connectivity index (χ0n) is 13.4. The highest BCUT2D eigenvalue weighted by Gasteiger charge is 2.04. The Morgan fingerprint density at radius 2 is 1.56 bits per heavy atom. The summed E-state index contributed by atoms with van der Waals surface area (Å²) in [5.74, 6) is 1.38. The lowest BCUT2D eigenvalue weighted by molar-refractivity contribution is 0.104. The molecule has 0 aromatic heterocycles. The molecule has 0 atom stereocenters. The van der Waals surface area contributed by atoms with Crippen LogP contribution < -0.4 is 10.1 Å². The van der Waals surface area contributed by atoms with E-state index in [1.54, 1.807) is 18.3 Å². The molecule has 25 heavy (non-hydrogen) atoms. The second kappa shape index (κ2) is 8.31. The summed E-state index contributed by atoms with van der Waals surface area (Å²) in [7, 11) is 0. The summed E-state index contributed by atoms with van der Waals surface area (Å²) >= 11 is 3.36. The van der Waals surface area contributed by atoms with E-state index in [1.807, 2.05) is 66.7 Å². The van der Waals surface area contributed by atoms with Crippen molar-refractivity contribution in [1.29, 1.82) is 0 Å².